The van der Waals surface area contributed by atoms with Crippen molar-refractivity contribution in [3.63, 3.8) is 0 Å². The molecule has 0 aromatic heterocycles. The van der Waals surface area contributed by atoms with Crippen molar-refractivity contribution in [3.05, 3.63) is 0 Å². The van der Waals surface area contributed by atoms with Gasteiger partial charge in [0.25, 0.3) is 0 Å². The predicted octanol–water partition coefficient (Wildman–Crippen LogP) is 1.32. The lowest BCUT2D eigenvalue weighted by Gasteiger charge is -1.87. The van der Waals surface area contributed by atoms with E-state index in [2.05, 4.69) is 4.52 Å². The largest absolute Gasteiger partial charge is 0.582 e. The Morgan fingerprint density at radius 3 is 2.60 bits per heavy atom. The van der Waals surface area contributed by atoms with Gasteiger partial charge in [0.1, 0.15) is 6.61 Å². The zero-order chi connectivity index (χ0) is 7.98. The van der Waals surface area contributed by atoms with Gasteiger partial charge in [0.15, 0.2) is 0 Å². The van der Waals surface area contributed by atoms with Gasteiger partial charge in [0, 0.05) is 0 Å². The van der Waals surface area contributed by atoms with Crippen molar-refractivity contribution in [3.8, 4) is 0 Å². The molecule has 0 aromatic rings. The maximum absolute atomic E-state index is 11.4. The van der Waals surface area contributed by atoms with Crippen molar-refractivity contribution in [2.45, 2.75) is 12.6 Å². The van der Waals surface area contributed by atoms with Crippen LogP contribution in [0.15, 0.2) is 0 Å². The van der Waals surface area contributed by atoms with Gasteiger partial charge < -0.3 is 5.73 Å². The van der Waals surface area contributed by atoms with Gasteiger partial charge in [-0.3, -0.25) is 0 Å². The van der Waals surface area contributed by atoms with Crippen molar-refractivity contribution in [2.75, 3.05) is 13.2 Å². The third kappa shape index (κ3) is 4.73. The topological polar surface area (TPSA) is 52.3 Å². The van der Waals surface area contributed by atoms with Crippen LogP contribution in [0, 0.1) is 0 Å². The maximum atomic E-state index is 11.4. The van der Waals surface area contributed by atoms with Gasteiger partial charge in [-0.05, 0) is 17.5 Å². The van der Waals surface area contributed by atoms with Crippen LogP contribution in [0.1, 0.15) is 6.42 Å². The summed E-state index contributed by atoms with van der Waals surface area (Å²) in [5.41, 5.74) is 5.03. The van der Waals surface area contributed by atoms with E-state index in [-0.39, 0.29) is 6.61 Å². The van der Waals surface area contributed by atoms with Crippen LogP contribution < -0.4 is 5.73 Å². The molecule has 6 heteroatoms. The Morgan fingerprint density at radius 2 is 2.20 bits per heavy atom. The molecule has 0 aliphatic rings. The third-order valence-electron chi connectivity index (χ3n) is 0.726. The van der Waals surface area contributed by atoms with E-state index in [0.717, 1.165) is 0 Å². The summed E-state index contributed by atoms with van der Waals surface area (Å²) in [5.74, 6) is 0. The van der Waals surface area contributed by atoms with Crippen molar-refractivity contribution in [1.29, 1.82) is 0 Å². The smallest absolute Gasteiger partial charge is 0.330 e. The average molecular weight is 172 g/mol. The molecular formula is C4H9F2NO2P+. The van der Waals surface area contributed by atoms with E-state index >= 15 is 0 Å². The zero-order valence-electron chi connectivity index (χ0n) is 5.30. The molecule has 0 aromatic carbocycles. The summed E-state index contributed by atoms with van der Waals surface area (Å²) in [7, 11) is -2.79. The molecule has 2 N–H and O–H groups in total. The molecule has 0 amide bonds. The lowest BCUT2D eigenvalue weighted by Crippen LogP contribution is -2.02. The molecule has 0 radical (unpaired) electrons. The van der Waals surface area contributed by atoms with Crippen molar-refractivity contribution >= 4 is 8.03 Å². The van der Waals surface area contributed by atoms with Gasteiger partial charge in [0.05, 0.1) is 0 Å². The van der Waals surface area contributed by atoms with Gasteiger partial charge in [-0.2, -0.15) is 8.78 Å². The summed E-state index contributed by atoms with van der Waals surface area (Å²) in [6.07, 6.45) is -2.43. The first-order chi connectivity index (χ1) is 4.68. The maximum Gasteiger partial charge on any atom is 0.582 e. The highest BCUT2D eigenvalue weighted by atomic mass is 31.1. The Bertz CT molecular complexity index is 111. The second-order valence-electron chi connectivity index (χ2n) is 1.54. The van der Waals surface area contributed by atoms with Crippen molar-refractivity contribution < 1.29 is 17.9 Å². The van der Waals surface area contributed by atoms with Gasteiger partial charge in [0.2, 0.25) is 0 Å². The monoisotopic (exact) mass is 172 g/mol. The molecule has 0 fully saturated rings. The minimum atomic E-state index is -2.88. The second-order valence-corrected chi connectivity index (χ2v) is 2.76. The Balaban J connectivity index is 3.22. The first kappa shape index (κ1) is 9.88. The van der Waals surface area contributed by atoms with Crippen molar-refractivity contribution in [1.82, 2.24) is 0 Å². The Morgan fingerprint density at radius 1 is 1.60 bits per heavy atom. The minimum absolute atomic E-state index is 0.0377. The summed E-state index contributed by atoms with van der Waals surface area (Å²) < 4.78 is 37.2. The molecule has 0 saturated carbocycles. The number of halogens is 2. The average Bonchev–Trinajstić information content (AvgIpc) is 1.88. The number of nitrogens with two attached hydrogens (primary N) is 1. The predicted molar refractivity (Wildman–Crippen MR) is 33.2 cm³/mol. The van der Waals surface area contributed by atoms with Crippen LogP contribution >= 0.6 is 8.03 Å². The van der Waals surface area contributed by atoms with E-state index in [9.17, 15) is 13.3 Å². The van der Waals surface area contributed by atoms with E-state index in [4.69, 9.17) is 5.73 Å². The SMILES string of the molecule is NCCCO[P+](=O)C(F)F. The molecule has 0 bridgehead atoms. The highest BCUT2D eigenvalue weighted by Gasteiger charge is 2.31. The van der Waals surface area contributed by atoms with Gasteiger partial charge >= 0.3 is 14.2 Å². The third-order valence-corrected chi connectivity index (χ3v) is 1.48. The van der Waals surface area contributed by atoms with Crippen LogP contribution in [-0.2, 0) is 9.09 Å². The molecule has 0 aliphatic heterocycles. The molecule has 0 spiro atoms. The van der Waals surface area contributed by atoms with E-state index < -0.39 is 14.2 Å². The fourth-order valence-electron chi connectivity index (χ4n) is 0.294. The lowest BCUT2D eigenvalue weighted by molar-refractivity contribution is 0.202. The van der Waals surface area contributed by atoms with E-state index in [1.54, 1.807) is 0 Å². The molecule has 60 valence electrons. The molecule has 1 atom stereocenters. The molecular weight excluding hydrogens is 163 g/mol. The van der Waals surface area contributed by atoms with Crippen LogP contribution in [0.2, 0.25) is 0 Å². The van der Waals surface area contributed by atoms with E-state index in [1.807, 2.05) is 0 Å². The van der Waals surface area contributed by atoms with Crippen LogP contribution in [0.4, 0.5) is 8.78 Å². The van der Waals surface area contributed by atoms with Crippen LogP contribution in [-0.4, -0.2) is 19.3 Å². The quantitative estimate of drug-likeness (QED) is 0.502. The zero-order valence-corrected chi connectivity index (χ0v) is 6.19. The summed E-state index contributed by atoms with van der Waals surface area (Å²) >= 11 is 0. The first-order valence-corrected chi connectivity index (χ1v) is 4.00. The number of hydrogen-bond acceptors (Lipinski definition) is 3. The Kier molecular flexibility index (Phi) is 5.58. The molecule has 0 aliphatic carbocycles. The highest BCUT2D eigenvalue weighted by Crippen LogP contribution is 2.30. The summed E-state index contributed by atoms with van der Waals surface area (Å²) in [6.45, 7) is 0.391. The number of hydrogen-bond donors (Lipinski definition) is 1. The summed E-state index contributed by atoms with van der Waals surface area (Å²) in [6, 6.07) is 0. The van der Waals surface area contributed by atoms with E-state index in [1.165, 1.54) is 0 Å². The summed E-state index contributed by atoms with van der Waals surface area (Å²) in [5, 5.41) is 0. The fourth-order valence-corrected chi connectivity index (χ4v) is 0.716. The molecule has 1 unspecified atom stereocenters. The Hall–Kier alpha value is -0.120. The van der Waals surface area contributed by atoms with Crippen LogP contribution in [0.3, 0.4) is 0 Å². The van der Waals surface area contributed by atoms with Crippen LogP contribution in [0.25, 0.3) is 0 Å². The van der Waals surface area contributed by atoms with Crippen LogP contribution in [0.5, 0.6) is 0 Å². The molecule has 10 heavy (non-hydrogen) atoms. The Labute approximate surface area is 58.4 Å². The second kappa shape index (κ2) is 5.65. The number of alkyl halides is 2. The van der Waals surface area contributed by atoms with Gasteiger partial charge in [-0.1, -0.05) is 0 Å². The molecule has 0 rings (SSSR count). The summed E-state index contributed by atoms with van der Waals surface area (Å²) in [4.78, 5) is 0. The highest BCUT2D eigenvalue weighted by molar-refractivity contribution is 7.39. The first-order valence-electron chi connectivity index (χ1n) is 2.76. The van der Waals surface area contributed by atoms with E-state index in [0.29, 0.717) is 13.0 Å². The molecule has 0 saturated heterocycles. The molecule has 0 heterocycles. The normalized spacial score (nSPS) is 12.2. The number of rotatable bonds is 5. The van der Waals surface area contributed by atoms with Crippen molar-refractivity contribution in [2.24, 2.45) is 5.73 Å². The minimum Gasteiger partial charge on any atom is -0.330 e. The lowest BCUT2D eigenvalue weighted by atomic mass is 10.5. The fraction of sp³-hybridized carbons (Fsp3) is 1.00. The standard InChI is InChI=1S/C4H9F2NO2P/c5-4(6)10(8)9-3-1-2-7/h4H,1-3,7H2/q+1. The van der Waals surface area contributed by atoms with Gasteiger partial charge in [-0.25, -0.2) is 0 Å². The molecule has 3 nitrogen and oxygen atoms in total. The van der Waals surface area contributed by atoms with Gasteiger partial charge in [-0.15, -0.1) is 4.52 Å².